The highest BCUT2D eigenvalue weighted by Gasteiger charge is 2.07. The molecule has 1 aliphatic heterocycles. The van der Waals surface area contributed by atoms with Crippen LogP contribution in [0.25, 0.3) is 0 Å². The molecule has 4 rings (SSSR count). The van der Waals surface area contributed by atoms with Crippen LogP contribution in [0.1, 0.15) is 22.3 Å². The van der Waals surface area contributed by atoms with Crippen LogP contribution in [-0.4, -0.2) is 22.6 Å². The first-order valence-corrected chi connectivity index (χ1v) is 9.16. The Morgan fingerprint density at radius 2 is 1.04 bits per heavy atom. The molecule has 0 spiro atoms. The summed E-state index contributed by atoms with van der Waals surface area (Å²) in [6, 6.07) is 18.8. The van der Waals surface area contributed by atoms with Crippen molar-refractivity contribution >= 4 is 23.8 Å². The summed E-state index contributed by atoms with van der Waals surface area (Å²) in [4.78, 5) is 9.05. The lowest BCUT2D eigenvalue weighted by Crippen LogP contribution is -1.91. The number of fused-ring (bicyclic) bond motifs is 5. The number of aromatic hydroxyl groups is 2. The maximum Gasteiger partial charge on any atom is 0.127 e. The van der Waals surface area contributed by atoms with Gasteiger partial charge >= 0.3 is 0 Å². The summed E-state index contributed by atoms with van der Waals surface area (Å²) in [7, 11) is 0. The maximum atomic E-state index is 10.6. The molecule has 0 radical (unpaired) electrons. The van der Waals surface area contributed by atoms with E-state index in [1.54, 1.807) is 12.4 Å². The fraction of sp³-hybridized carbons (Fsp3) is 0.0833. The zero-order valence-electron chi connectivity index (χ0n) is 15.3. The Labute approximate surface area is 163 Å². The van der Waals surface area contributed by atoms with Gasteiger partial charge < -0.3 is 10.2 Å². The number of benzene rings is 3. The molecule has 0 amide bonds. The second kappa shape index (κ2) is 7.92. The van der Waals surface area contributed by atoms with Crippen molar-refractivity contribution in [1.82, 2.24) is 0 Å². The minimum atomic E-state index is 0.230. The maximum absolute atomic E-state index is 10.6. The van der Waals surface area contributed by atoms with E-state index in [9.17, 15) is 10.2 Å². The molecule has 2 N–H and O–H groups in total. The quantitative estimate of drug-likeness (QED) is 0.532. The number of phenols is 2. The number of phenolic OH excluding ortho intramolecular Hbond substituents is 2. The van der Waals surface area contributed by atoms with Gasteiger partial charge in [-0.1, -0.05) is 48.6 Å². The topological polar surface area (TPSA) is 65.2 Å². The lowest BCUT2D eigenvalue weighted by molar-refractivity contribution is 0.468. The predicted octanol–water partition coefficient (Wildman–Crippen LogP) is 5.25. The molecule has 28 heavy (non-hydrogen) atoms. The second-order valence-corrected chi connectivity index (χ2v) is 6.59. The summed E-state index contributed by atoms with van der Waals surface area (Å²) in [5, 5.41) is 21.1. The fourth-order valence-corrected chi connectivity index (χ4v) is 3.14. The van der Waals surface area contributed by atoms with E-state index in [0.717, 1.165) is 11.1 Å². The fourth-order valence-electron chi connectivity index (χ4n) is 3.14. The van der Waals surface area contributed by atoms with E-state index >= 15 is 0 Å². The Kier molecular flexibility index (Phi) is 5.02. The lowest BCUT2D eigenvalue weighted by Gasteiger charge is -2.07. The number of allylic oxidation sites excluding steroid dienone is 2. The van der Waals surface area contributed by atoms with Crippen LogP contribution in [0.3, 0.4) is 0 Å². The van der Waals surface area contributed by atoms with E-state index in [-0.39, 0.29) is 11.5 Å². The predicted molar refractivity (Wildman–Crippen MR) is 114 cm³/mol. The van der Waals surface area contributed by atoms with Gasteiger partial charge in [-0.2, -0.15) is 0 Å². The molecule has 138 valence electrons. The SMILES string of the molecule is Oc1c2cccc1C/C=C\Cc1cccc(c1O)C=Nc1ccccc1N=C2. The first-order chi connectivity index (χ1) is 13.7. The summed E-state index contributed by atoms with van der Waals surface area (Å²) in [5.74, 6) is 0.461. The summed E-state index contributed by atoms with van der Waals surface area (Å²) in [6.07, 6.45) is 8.51. The molecular formula is C24H20N2O2. The van der Waals surface area contributed by atoms with E-state index in [4.69, 9.17) is 0 Å². The molecule has 0 unspecified atom stereocenters. The van der Waals surface area contributed by atoms with Gasteiger partial charge in [0.15, 0.2) is 0 Å². The minimum Gasteiger partial charge on any atom is -0.507 e. The number of hydrogen-bond donors (Lipinski definition) is 2. The van der Waals surface area contributed by atoms with E-state index in [0.29, 0.717) is 35.3 Å². The number of rotatable bonds is 0. The van der Waals surface area contributed by atoms with Crippen LogP contribution in [0, 0.1) is 0 Å². The molecule has 0 aromatic heterocycles. The van der Waals surface area contributed by atoms with Crippen LogP contribution in [0.4, 0.5) is 11.4 Å². The van der Waals surface area contributed by atoms with E-state index in [2.05, 4.69) is 9.98 Å². The molecule has 4 bridgehead atoms. The van der Waals surface area contributed by atoms with Gasteiger partial charge in [-0.15, -0.1) is 0 Å². The van der Waals surface area contributed by atoms with Gasteiger partial charge in [0.2, 0.25) is 0 Å². The third-order valence-electron chi connectivity index (χ3n) is 4.71. The third-order valence-corrected chi connectivity index (χ3v) is 4.71. The van der Waals surface area contributed by atoms with Crippen molar-refractivity contribution in [2.45, 2.75) is 12.8 Å². The zero-order chi connectivity index (χ0) is 19.3. The molecule has 0 atom stereocenters. The highest BCUT2D eigenvalue weighted by Crippen LogP contribution is 2.30. The van der Waals surface area contributed by atoms with Crippen LogP contribution in [-0.2, 0) is 12.8 Å². The largest absolute Gasteiger partial charge is 0.507 e. The standard InChI is InChI=1S/C24H20N2O2/c27-23-17-7-1-2-8-18-10-6-12-20(24(18)28)16-26-22-14-4-3-13-21(22)25-15-19(23)11-5-9-17/h1-6,9-16,27-28H,7-8H2/b2-1-,25-15?,26-16?. The Morgan fingerprint density at radius 1 is 0.571 bits per heavy atom. The molecule has 0 fully saturated rings. The minimum absolute atomic E-state index is 0.230. The smallest absolute Gasteiger partial charge is 0.127 e. The van der Waals surface area contributed by atoms with Gasteiger partial charge in [-0.05, 0) is 48.2 Å². The van der Waals surface area contributed by atoms with E-state index in [1.165, 1.54) is 0 Å². The molecule has 3 aromatic carbocycles. The normalized spacial score (nSPS) is 14.4. The summed E-state index contributed by atoms with van der Waals surface area (Å²) >= 11 is 0. The van der Waals surface area contributed by atoms with Gasteiger partial charge in [0.25, 0.3) is 0 Å². The average Bonchev–Trinajstić information content (AvgIpc) is 2.71. The van der Waals surface area contributed by atoms with E-state index in [1.807, 2.05) is 72.8 Å². The van der Waals surface area contributed by atoms with Gasteiger partial charge in [-0.3, -0.25) is 9.98 Å². The molecule has 1 heterocycles. The monoisotopic (exact) mass is 368 g/mol. The molecule has 0 saturated heterocycles. The van der Waals surface area contributed by atoms with Crippen molar-refractivity contribution in [1.29, 1.82) is 0 Å². The first kappa shape index (κ1) is 17.7. The van der Waals surface area contributed by atoms with Crippen molar-refractivity contribution in [2.75, 3.05) is 0 Å². The third kappa shape index (κ3) is 3.71. The van der Waals surface area contributed by atoms with Crippen molar-refractivity contribution < 1.29 is 10.2 Å². The number of aliphatic imine (C=N–C) groups is 2. The lowest BCUT2D eigenvalue weighted by atomic mass is 10.0. The van der Waals surface area contributed by atoms with Crippen LogP contribution < -0.4 is 0 Å². The van der Waals surface area contributed by atoms with Crippen LogP contribution in [0.15, 0.2) is 82.8 Å². The molecule has 4 nitrogen and oxygen atoms in total. The van der Waals surface area contributed by atoms with Crippen LogP contribution in [0.2, 0.25) is 0 Å². The highest BCUT2D eigenvalue weighted by atomic mass is 16.3. The molecule has 1 aliphatic rings. The van der Waals surface area contributed by atoms with Crippen molar-refractivity contribution in [3.05, 3.63) is 95.1 Å². The Balaban J connectivity index is 1.84. The van der Waals surface area contributed by atoms with Gasteiger partial charge in [0.05, 0.1) is 11.4 Å². The average molecular weight is 368 g/mol. The van der Waals surface area contributed by atoms with Gasteiger partial charge in [-0.25, -0.2) is 0 Å². The number of hydrogen-bond acceptors (Lipinski definition) is 4. The number of nitrogens with zero attached hydrogens (tertiary/aromatic N) is 2. The Morgan fingerprint density at radius 3 is 1.50 bits per heavy atom. The Hall–Kier alpha value is -3.66. The van der Waals surface area contributed by atoms with Gasteiger partial charge in [0, 0.05) is 23.6 Å². The summed E-state index contributed by atoms with van der Waals surface area (Å²) in [5.41, 5.74) is 4.37. The molecular weight excluding hydrogens is 348 g/mol. The van der Waals surface area contributed by atoms with Crippen LogP contribution >= 0.6 is 0 Å². The number of para-hydroxylation sites is 4. The molecule has 4 heteroatoms. The first-order valence-electron chi connectivity index (χ1n) is 9.16. The highest BCUT2D eigenvalue weighted by molar-refractivity contribution is 5.90. The van der Waals surface area contributed by atoms with Crippen molar-refractivity contribution in [3.63, 3.8) is 0 Å². The Bertz CT molecular complexity index is 1010. The van der Waals surface area contributed by atoms with Crippen molar-refractivity contribution in [2.24, 2.45) is 9.98 Å². The van der Waals surface area contributed by atoms with Crippen LogP contribution in [0.5, 0.6) is 11.5 Å². The second-order valence-electron chi connectivity index (χ2n) is 6.59. The molecule has 0 saturated carbocycles. The summed E-state index contributed by atoms with van der Waals surface area (Å²) < 4.78 is 0. The van der Waals surface area contributed by atoms with E-state index < -0.39 is 0 Å². The summed E-state index contributed by atoms with van der Waals surface area (Å²) in [6.45, 7) is 0. The molecule has 3 aromatic rings. The zero-order valence-corrected chi connectivity index (χ0v) is 15.3. The van der Waals surface area contributed by atoms with Crippen molar-refractivity contribution in [3.8, 4) is 11.5 Å². The van der Waals surface area contributed by atoms with Gasteiger partial charge in [0.1, 0.15) is 11.5 Å². The molecule has 0 aliphatic carbocycles.